The molecule has 0 saturated heterocycles. The van der Waals surface area contributed by atoms with Crippen molar-refractivity contribution in [2.75, 3.05) is 25.7 Å². The molecule has 0 amide bonds. The van der Waals surface area contributed by atoms with E-state index < -0.39 is 12.2 Å². The highest BCUT2D eigenvalue weighted by molar-refractivity contribution is 6.18. The highest BCUT2D eigenvalue weighted by atomic mass is 35.5. The van der Waals surface area contributed by atoms with E-state index in [2.05, 4.69) is 6.07 Å². The summed E-state index contributed by atoms with van der Waals surface area (Å²) >= 11 is 5.57. The minimum absolute atomic E-state index is 0.0749. The minimum atomic E-state index is -0.863. The second-order valence-corrected chi connectivity index (χ2v) is 6.82. The third kappa shape index (κ3) is 7.39. The van der Waals surface area contributed by atoms with E-state index in [0.29, 0.717) is 5.75 Å². The average Bonchev–Trinajstić information content (AvgIpc) is 2.70. The molecule has 0 fully saturated rings. The maximum Gasteiger partial charge on any atom is 0.122 e. The van der Waals surface area contributed by atoms with Crippen molar-refractivity contribution in [3.8, 4) is 11.5 Å². The standard InChI is InChI=1S/C21H27ClO5/c1-15-10-17(6-9-21(15)27-13-18(24)11-22)3-2-16-4-7-20(8-5-16)26-14-19(25)12-23/h4-10,18-19,23-25H,2-3,11-14H2,1H3/t18-,19-/m1/s1. The lowest BCUT2D eigenvalue weighted by Crippen LogP contribution is -2.21. The van der Waals surface area contributed by atoms with Crippen LogP contribution in [0.3, 0.4) is 0 Å². The molecule has 27 heavy (non-hydrogen) atoms. The van der Waals surface area contributed by atoms with E-state index in [9.17, 15) is 10.2 Å². The molecule has 2 aromatic rings. The first kappa shape index (κ1) is 21.5. The summed E-state index contributed by atoms with van der Waals surface area (Å²) in [6.07, 6.45) is 0.265. The monoisotopic (exact) mass is 394 g/mol. The zero-order valence-electron chi connectivity index (χ0n) is 15.5. The maximum absolute atomic E-state index is 9.48. The number of halogens is 1. The second kappa shape index (κ2) is 11.1. The van der Waals surface area contributed by atoms with Crippen molar-refractivity contribution in [2.45, 2.75) is 32.0 Å². The zero-order chi connectivity index (χ0) is 19.6. The number of ether oxygens (including phenoxy) is 2. The number of alkyl halides is 1. The molecule has 0 aromatic heterocycles. The van der Waals surface area contributed by atoms with Crippen molar-refractivity contribution in [2.24, 2.45) is 0 Å². The highest BCUT2D eigenvalue weighted by Gasteiger charge is 2.07. The van der Waals surface area contributed by atoms with Gasteiger partial charge in [-0.1, -0.05) is 24.3 Å². The van der Waals surface area contributed by atoms with Crippen LogP contribution in [0.1, 0.15) is 16.7 Å². The zero-order valence-corrected chi connectivity index (χ0v) is 16.2. The molecule has 0 aliphatic carbocycles. The molecule has 0 spiro atoms. The Balaban J connectivity index is 1.84. The summed E-state index contributed by atoms with van der Waals surface area (Å²) < 4.78 is 11.0. The number of benzene rings is 2. The van der Waals surface area contributed by atoms with Gasteiger partial charge in [-0.05, 0) is 54.7 Å². The lowest BCUT2D eigenvalue weighted by atomic mass is 10.0. The van der Waals surface area contributed by atoms with Gasteiger partial charge in [-0.25, -0.2) is 0 Å². The van der Waals surface area contributed by atoms with E-state index in [1.54, 1.807) is 0 Å². The van der Waals surface area contributed by atoms with Gasteiger partial charge in [0.05, 0.1) is 12.5 Å². The van der Waals surface area contributed by atoms with Crippen molar-refractivity contribution in [3.63, 3.8) is 0 Å². The molecule has 2 aromatic carbocycles. The van der Waals surface area contributed by atoms with Crippen LogP contribution >= 0.6 is 11.6 Å². The van der Waals surface area contributed by atoms with Crippen LogP contribution < -0.4 is 9.47 Å². The molecule has 0 bridgehead atoms. The van der Waals surface area contributed by atoms with Gasteiger partial charge in [0.15, 0.2) is 0 Å². The molecule has 6 heteroatoms. The Hall–Kier alpha value is -1.79. The number of aliphatic hydroxyl groups excluding tert-OH is 3. The summed E-state index contributed by atoms with van der Waals surface area (Å²) in [5, 5.41) is 27.6. The lowest BCUT2D eigenvalue weighted by Gasteiger charge is -2.13. The predicted octanol–water partition coefficient (Wildman–Crippen LogP) is 2.49. The fourth-order valence-corrected chi connectivity index (χ4v) is 2.63. The van der Waals surface area contributed by atoms with Crippen molar-refractivity contribution >= 4 is 11.6 Å². The quantitative estimate of drug-likeness (QED) is 0.510. The van der Waals surface area contributed by atoms with Crippen LogP contribution in [-0.4, -0.2) is 53.2 Å². The van der Waals surface area contributed by atoms with Crippen molar-refractivity contribution in [1.29, 1.82) is 0 Å². The van der Waals surface area contributed by atoms with Crippen LogP contribution in [0.4, 0.5) is 0 Å². The normalized spacial score (nSPS) is 13.2. The summed E-state index contributed by atoms with van der Waals surface area (Å²) in [4.78, 5) is 0. The Morgan fingerprint density at radius 3 is 2.15 bits per heavy atom. The molecular weight excluding hydrogens is 368 g/mol. The Kier molecular flexibility index (Phi) is 8.88. The molecule has 0 unspecified atom stereocenters. The molecule has 0 radical (unpaired) electrons. The fourth-order valence-electron chi connectivity index (χ4n) is 2.55. The van der Waals surface area contributed by atoms with Gasteiger partial charge in [0.2, 0.25) is 0 Å². The molecule has 2 atom stereocenters. The maximum atomic E-state index is 9.48. The van der Waals surface area contributed by atoms with E-state index >= 15 is 0 Å². The van der Waals surface area contributed by atoms with Crippen LogP contribution in [0, 0.1) is 6.92 Å². The Morgan fingerprint density at radius 1 is 0.889 bits per heavy atom. The summed E-state index contributed by atoms with van der Waals surface area (Å²) in [5.74, 6) is 1.58. The van der Waals surface area contributed by atoms with Crippen LogP contribution in [-0.2, 0) is 12.8 Å². The first-order chi connectivity index (χ1) is 13.0. The first-order valence-electron chi connectivity index (χ1n) is 8.98. The van der Waals surface area contributed by atoms with Crippen molar-refractivity contribution < 1.29 is 24.8 Å². The summed E-state index contributed by atoms with van der Waals surface area (Å²) in [6.45, 7) is 1.94. The van der Waals surface area contributed by atoms with E-state index in [0.717, 1.165) is 24.2 Å². The SMILES string of the molecule is Cc1cc(CCc2ccc(OC[C@H](O)CO)cc2)ccc1OC[C@H](O)CCl. The first-order valence-corrected chi connectivity index (χ1v) is 9.52. The van der Waals surface area contributed by atoms with Gasteiger partial charge < -0.3 is 24.8 Å². The Labute approximate surface area is 165 Å². The molecule has 0 aliphatic rings. The van der Waals surface area contributed by atoms with Gasteiger partial charge in [-0.15, -0.1) is 11.6 Å². The van der Waals surface area contributed by atoms with Crippen LogP contribution in [0.5, 0.6) is 11.5 Å². The Bertz CT molecular complexity index is 689. The average molecular weight is 395 g/mol. The third-order valence-corrected chi connectivity index (χ3v) is 4.48. The lowest BCUT2D eigenvalue weighted by molar-refractivity contribution is 0.0536. The van der Waals surface area contributed by atoms with Gasteiger partial charge in [0.25, 0.3) is 0 Å². The predicted molar refractivity (Wildman–Crippen MR) is 106 cm³/mol. The second-order valence-electron chi connectivity index (χ2n) is 6.51. The number of hydrogen-bond acceptors (Lipinski definition) is 5. The van der Waals surface area contributed by atoms with Gasteiger partial charge in [-0.3, -0.25) is 0 Å². The van der Waals surface area contributed by atoms with Gasteiger partial charge in [0.1, 0.15) is 36.9 Å². The Morgan fingerprint density at radius 2 is 1.52 bits per heavy atom. The van der Waals surface area contributed by atoms with Crippen molar-refractivity contribution in [1.82, 2.24) is 0 Å². The third-order valence-electron chi connectivity index (χ3n) is 4.13. The minimum Gasteiger partial charge on any atom is -0.491 e. The molecule has 5 nitrogen and oxygen atoms in total. The van der Waals surface area contributed by atoms with E-state index in [4.69, 9.17) is 26.2 Å². The molecular formula is C21H27ClO5. The molecule has 0 saturated carbocycles. The number of aliphatic hydroxyl groups is 3. The number of aryl methyl sites for hydroxylation is 3. The number of hydrogen-bond donors (Lipinski definition) is 3. The van der Waals surface area contributed by atoms with Crippen LogP contribution in [0.2, 0.25) is 0 Å². The van der Waals surface area contributed by atoms with E-state index in [-0.39, 0.29) is 25.7 Å². The summed E-state index contributed by atoms with van der Waals surface area (Å²) in [7, 11) is 0. The summed E-state index contributed by atoms with van der Waals surface area (Å²) in [5.41, 5.74) is 3.43. The fraction of sp³-hybridized carbons (Fsp3) is 0.429. The molecule has 2 rings (SSSR count). The van der Waals surface area contributed by atoms with Gasteiger partial charge >= 0.3 is 0 Å². The summed E-state index contributed by atoms with van der Waals surface area (Å²) in [6, 6.07) is 13.8. The highest BCUT2D eigenvalue weighted by Crippen LogP contribution is 2.21. The molecule has 3 N–H and O–H groups in total. The van der Waals surface area contributed by atoms with Crippen molar-refractivity contribution in [3.05, 3.63) is 59.2 Å². The molecule has 148 valence electrons. The van der Waals surface area contributed by atoms with E-state index in [1.165, 1.54) is 11.1 Å². The number of rotatable bonds is 11. The van der Waals surface area contributed by atoms with Crippen LogP contribution in [0.15, 0.2) is 42.5 Å². The molecule has 0 heterocycles. The largest absolute Gasteiger partial charge is 0.491 e. The molecule has 0 aliphatic heterocycles. The van der Waals surface area contributed by atoms with Crippen LogP contribution in [0.25, 0.3) is 0 Å². The topological polar surface area (TPSA) is 79.2 Å². The van der Waals surface area contributed by atoms with Gasteiger partial charge in [-0.2, -0.15) is 0 Å². The van der Waals surface area contributed by atoms with E-state index in [1.807, 2.05) is 43.3 Å². The van der Waals surface area contributed by atoms with Gasteiger partial charge in [0, 0.05) is 0 Å². The smallest absolute Gasteiger partial charge is 0.122 e.